The van der Waals surface area contributed by atoms with Crippen molar-refractivity contribution < 1.29 is 19.1 Å². The van der Waals surface area contributed by atoms with Gasteiger partial charge in [0.25, 0.3) is 5.91 Å². The zero-order chi connectivity index (χ0) is 28.8. The number of amides is 3. The Kier molecular flexibility index (Phi) is 8.67. The molecule has 0 radical (unpaired) electrons. The van der Waals surface area contributed by atoms with Gasteiger partial charge in [0.05, 0.1) is 18.7 Å². The summed E-state index contributed by atoms with van der Waals surface area (Å²) in [6, 6.07) is 23.8. The molecular weight excluding hydrogens is 516 g/mol. The van der Waals surface area contributed by atoms with Gasteiger partial charge in [-0.1, -0.05) is 55.5 Å². The lowest BCUT2D eigenvalue weighted by Gasteiger charge is -2.30. The van der Waals surface area contributed by atoms with Crippen molar-refractivity contribution in [1.82, 2.24) is 15.2 Å². The molecule has 212 valence electrons. The summed E-state index contributed by atoms with van der Waals surface area (Å²) < 4.78 is 5.28. The number of carbonyl (C=O) groups excluding carboxylic acids is 3. The number of H-pyrrole nitrogens is 1. The van der Waals surface area contributed by atoms with Crippen molar-refractivity contribution in [2.45, 2.75) is 44.7 Å². The first-order valence-corrected chi connectivity index (χ1v) is 14.1. The van der Waals surface area contributed by atoms with Crippen LogP contribution in [-0.4, -0.2) is 59.9 Å². The largest absolute Gasteiger partial charge is 0.497 e. The molecule has 0 spiro atoms. The number of aromatic amines is 1. The minimum atomic E-state index is -0.778. The second-order valence-electron chi connectivity index (χ2n) is 10.4. The number of nitrogens with zero attached hydrogens (tertiary/aromatic N) is 2. The number of rotatable bonds is 10. The van der Waals surface area contributed by atoms with Crippen LogP contribution >= 0.6 is 0 Å². The lowest BCUT2D eigenvalue weighted by atomic mass is 10.0. The molecule has 1 aromatic heterocycles. The van der Waals surface area contributed by atoms with E-state index in [2.05, 4.69) is 10.3 Å². The topological polar surface area (TPSA) is 94.7 Å². The van der Waals surface area contributed by atoms with E-state index < -0.39 is 6.04 Å². The molecule has 2 atom stereocenters. The Morgan fingerprint density at radius 3 is 2.49 bits per heavy atom. The average Bonchev–Trinajstić information content (AvgIpc) is 3.66. The molecule has 8 nitrogen and oxygen atoms in total. The van der Waals surface area contributed by atoms with Crippen molar-refractivity contribution in [3.8, 4) is 5.75 Å². The van der Waals surface area contributed by atoms with Crippen LogP contribution in [-0.2, 0) is 16.0 Å². The van der Waals surface area contributed by atoms with E-state index in [1.165, 1.54) is 0 Å². The van der Waals surface area contributed by atoms with Crippen LogP contribution in [0.2, 0.25) is 0 Å². The van der Waals surface area contributed by atoms with Gasteiger partial charge in [-0.15, -0.1) is 0 Å². The molecule has 2 N–H and O–H groups in total. The van der Waals surface area contributed by atoms with E-state index in [9.17, 15) is 14.4 Å². The number of ether oxygens (including phenoxy) is 1. The molecule has 0 aliphatic carbocycles. The number of benzene rings is 3. The summed E-state index contributed by atoms with van der Waals surface area (Å²) in [5.74, 6) is 0.307. The summed E-state index contributed by atoms with van der Waals surface area (Å²) in [6.45, 7) is 2.91. The van der Waals surface area contributed by atoms with E-state index >= 15 is 0 Å². The van der Waals surface area contributed by atoms with E-state index in [1.54, 1.807) is 18.2 Å². The first kappa shape index (κ1) is 28.0. The fourth-order valence-corrected chi connectivity index (χ4v) is 5.55. The molecule has 3 aromatic carbocycles. The van der Waals surface area contributed by atoms with Crippen molar-refractivity contribution in [3.05, 3.63) is 96.2 Å². The smallest absolute Gasteiger partial charge is 0.254 e. The highest BCUT2D eigenvalue weighted by Gasteiger charge is 2.36. The van der Waals surface area contributed by atoms with Gasteiger partial charge in [0.1, 0.15) is 11.8 Å². The van der Waals surface area contributed by atoms with E-state index in [0.717, 1.165) is 34.3 Å². The molecule has 41 heavy (non-hydrogen) atoms. The summed E-state index contributed by atoms with van der Waals surface area (Å²) in [5, 5.41) is 3.82. The third-order valence-electron chi connectivity index (χ3n) is 7.64. The predicted molar refractivity (Wildman–Crippen MR) is 160 cm³/mol. The van der Waals surface area contributed by atoms with Gasteiger partial charge in [0, 0.05) is 48.7 Å². The Morgan fingerprint density at radius 1 is 1.02 bits per heavy atom. The summed E-state index contributed by atoms with van der Waals surface area (Å²) in [6.07, 6.45) is 3.87. The zero-order valence-corrected chi connectivity index (χ0v) is 23.5. The van der Waals surface area contributed by atoms with Crippen molar-refractivity contribution in [3.63, 3.8) is 0 Å². The van der Waals surface area contributed by atoms with Gasteiger partial charge in [0.2, 0.25) is 11.8 Å². The Bertz CT molecular complexity index is 1500. The van der Waals surface area contributed by atoms with Crippen LogP contribution in [0.5, 0.6) is 5.75 Å². The van der Waals surface area contributed by atoms with Crippen molar-refractivity contribution in [2.24, 2.45) is 0 Å². The van der Waals surface area contributed by atoms with Crippen LogP contribution < -0.4 is 15.0 Å². The van der Waals surface area contributed by atoms with Gasteiger partial charge in [-0.05, 0) is 48.7 Å². The van der Waals surface area contributed by atoms with Gasteiger partial charge >= 0.3 is 0 Å². The number of anilines is 1. The molecule has 5 rings (SSSR count). The first-order chi connectivity index (χ1) is 20.0. The summed E-state index contributed by atoms with van der Waals surface area (Å²) in [5.41, 5.74) is 3.10. The minimum absolute atomic E-state index is 0.0559. The zero-order valence-electron chi connectivity index (χ0n) is 23.5. The second kappa shape index (κ2) is 12.7. The minimum Gasteiger partial charge on any atom is -0.497 e. The number of para-hydroxylation sites is 2. The summed E-state index contributed by atoms with van der Waals surface area (Å²) in [7, 11) is 1.61. The highest BCUT2D eigenvalue weighted by molar-refractivity contribution is 6.08. The molecule has 2 unspecified atom stereocenters. The maximum absolute atomic E-state index is 14.0. The van der Waals surface area contributed by atoms with Gasteiger partial charge < -0.3 is 24.8 Å². The highest BCUT2D eigenvalue weighted by atomic mass is 16.5. The third kappa shape index (κ3) is 6.27. The Morgan fingerprint density at radius 2 is 1.76 bits per heavy atom. The lowest BCUT2D eigenvalue weighted by molar-refractivity contribution is -0.132. The Hall–Kier alpha value is -4.59. The molecule has 1 fully saturated rings. The number of fused-ring (bicyclic) bond motifs is 1. The molecule has 0 saturated carbocycles. The maximum Gasteiger partial charge on any atom is 0.254 e. The number of nitrogens with one attached hydrogen (secondary N) is 2. The van der Waals surface area contributed by atoms with Crippen LogP contribution in [0.15, 0.2) is 85.1 Å². The molecule has 3 amide bonds. The van der Waals surface area contributed by atoms with Gasteiger partial charge in [-0.3, -0.25) is 14.4 Å². The number of hydrogen-bond acceptors (Lipinski definition) is 4. The van der Waals surface area contributed by atoms with Crippen LogP contribution in [0, 0.1) is 0 Å². The maximum atomic E-state index is 14.0. The lowest BCUT2D eigenvalue weighted by Crippen LogP contribution is -2.50. The van der Waals surface area contributed by atoms with Crippen molar-refractivity contribution in [2.75, 3.05) is 25.1 Å². The molecule has 4 aromatic rings. The number of hydrogen-bond donors (Lipinski definition) is 2. The summed E-state index contributed by atoms with van der Waals surface area (Å²) >= 11 is 0. The molecule has 1 aliphatic rings. The second-order valence-corrected chi connectivity index (χ2v) is 10.4. The monoisotopic (exact) mass is 552 g/mol. The Balaban J connectivity index is 1.37. The van der Waals surface area contributed by atoms with Crippen LogP contribution in [0.1, 0.15) is 42.1 Å². The number of methoxy groups -OCH3 is 1. The molecule has 8 heteroatoms. The van der Waals surface area contributed by atoms with Crippen LogP contribution in [0.25, 0.3) is 10.9 Å². The highest BCUT2D eigenvalue weighted by Crippen LogP contribution is 2.26. The molecule has 2 heterocycles. The van der Waals surface area contributed by atoms with Gasteiger partial charge in [-0.2, -0.15) is 0 Å². The van der Waals surface area contributed by atoms with E-state index in [1.807, 2.05) is 90.7 Å². The quantitative estimate of drug-likeness (QED) is 0.291. The summed E-state index contributed by atoms with van der Waals surface area (Å²) in [4.78, 5) is 47.4. The van der Waals surface area contributed by atoms with Crippen molar-refractivity contribution in [1.29, 1.82) is 0 Å². The molecule has 1 saturated heterocycles. The van der Waals surface area contributed by atoms with Gasteiger partial charge in [0.15, 0.2) is 0 Å². The van der Waals surface area contributed by atoms with Crippen LogP contribution in [0.3, 0.4) is 0 Å². The average molecular weight is 553 g/mol. The molecular formula is C33H36N4O4. The number of aromatic nitrogens is 1. The standard InChI is InChI=1S/C33H36N4O4/c1-3-9-31(38)37(24-10-5-4-6-11-24)25-18-19-36(22-25)33(40)30(20-23-14-16-26(41-2)17-15-23)35-32(39)28-21-34-29-13-8-7-12-27(28)29/h4-8,10-17,21,25,30,34H,3,9,18-20,22H2,1-2H3,(H,35,39). The van der Waals surface area contributed by atoms with Crippen molar-refractivity contribution >= 4 is 34.3 Å². The fourth-order valence-electron chi connectivity index (χ4n) is 5.55. The molecule has 0 bridgehead atoms. The third-order valence-corrected chi connectivity index (χ3v) is 7.64. The number of likely N-dealkylation sites (tertiary alicyclic amines) is 1. The molecule has 1 aliphatic heterocycles. The van der Waals surface area contributed by atoms with Crippen LogP contribution in [0.4, 0.5) is 5.69 Å². The number of carbonyl (C=O) groups is 3. The van der Waals surface area contributed by atoms with E-state index in [4.69, 9.17) is 4.74 Å². The SMILES string of the molecule is CCCC(=O)N(c1ccccc1)C1CCN(C(=O)C(Cc2ccc(OC)cc2)NC(=O)c2c[nH]c3ccccc23)C1. The van der Waals surface area contributed by atoms with E-state index in [-0.39, 0.29) is 23.8 Å². The van der Waals surface area contributed by atoms with Gasteiger partial charge in [-0.25, -0.2) is 0 Å². The fraction of sp³-hybridized carbons (Fsp3) is 0.303. The Labute approximate surface area is 240 Å². The normalized spacial score (nSPS) is 15.5. The van der Waals surface area contributed by atoms with E-state index in [0.29, 0.717) is 37.9 Å². The first-order valence-electron chi connectivity index (χ1n) is 14.1. The predicted octanol–water partition coefficient (Wildman–Crippen LogP) is 4.95.